The van der Waals surface area contributed by atoms with Crippen molar-refractivity contribution in [1.82, 2.24) is 4.31 Å². The molecular formula is C18H18Br2N2O6S2. The first kappa shape index (κ1) is 23.4. The van der Waals surface area contributed by atoms with Gasteiger partial charge in [-0.1, -0.05) is 15.9 Å². The Morgan fingerprint density at radius 2 is 1.90 bits per heavy atom. The molecule has 0 saturated carbocycles. The number of morpholine rings is 1. The summed E-state index contributed by atoms with van der Waals surface area (Å²) >= 11 is 7.68. The molecule has 1 fully saturated rings. The standard InChI is InChI=1S/C18H18Br2N2O6S2/c19-12-1-3-15(14(20)9-12)21-16(23)11-28-17(24)10-13-2-4-18(29-13)30(25,26)22-5-7-27-8-6-22/h1-4,9H,5-8,10-11H2,(H,21,23). The zero-order valence-corrected chi connectivity index (χ0v) is 20.4. The first-order chi connectivity index (χ1) is 14.3. The van der Waals surface area contributed by atoms with Gasteiger partial charge in [0.15, 0.2) is 6.61 Å². The van der Waals surface area contributed by atoms with Crippen molar-refractivity contribution in [3.8, 4) is 0 Å². The lowest BCUT2D eigenvalue weighted by atomic mass is 10.3. The van der Waals surface area contributed by atoms with Gasteiger partial charge in [0.2, 0.25) is 0 Å². The van der Waals surface area contributed by atoms with Crippen molar-refractivity contribution in [3.05, 3.63) is 44.2 Å². The molecule has 8 nitrogen and oxygen atoms in total. The molecule has 0 spiro atoms. The van der Waals surface area contributed by atoms with Gasteiger partial charge in [0.1, 0.15) is 4.21 Å². The van der Waals surface area contributed by atoms with Gasteiger partial charge in [0, 0.05) is 26.9 Å². The summed E-state index contributed by atoms with van der Waals surface area (Å²) in [4.78, 5) is 24.6. The van der Waals surface area contributed by atoms with Crippen LogP contribution in [-0.2, 0) is 35.5 Å². The van der Waals surface area contributed by atoms with Crippen LogP contribution < -0.4 is 5.32 Å². The number of carbonyl (C=O) groups excluding carboxylic acids is 2. The van der Waals surface area contributed by atoms with Crippen LogP contribution in [0.3, 0.4) is 0 Å². The van der Waals surface area contributed by atoms with Gasteiger partial charge in [-0.05, 0) is 46.3 Å². The molecule has 3 rings (SSSR count). The minimum atomic E-state index is -3.60. The number of nitrogens with one attached hydrogen (secondary N) is 1. The lowest BCUT2D eigenvalue weighted by molar-refractivity contribution is -0.146. The van der Waals surface area contributed by atoms with Crippen LogP contribution in [-0.4, -0.2) is 57.5 Å². The molecule has 30 heavy (non-hydrogen) atoms. The topological polar surface area (TPSA) is 102 Å². The third-order valence-electron chi connectivity index (χ3n) is 4.09. The van der Waals surface area contributed by atoms with Crippen molar-refractivity contribution in [1.29, 1.82) is 0 Å². The van der Waals surface area contributed by atoms with Crippen molar-refractivity contribution in [3.63, 3.8) is 0 Å². The second-order valence-electron chi connectivity index (χ2n) is 6.25. The highest BCUT2D eigenvalue weighted by atomic mass is 79.9. The van der Waals surface area contributed by atoms with E-state index in [1.165, 1.54) is 10.4 Å². The average Bonchev–Trinajstić information content (AvgIpc) is 3.18. The monoisotopic (exact) mass is 580 g/mol. The number of hydrogen-bond donors (Lipinski definition) is 1. The molecule has 2 heterocycles. The van der Waals surface area contributed by atoms with Crippen LogP contribution in [0.4, 0.5) is 5.69 Å². The zero-order valence-electron chi connectivity index (χ0n) is 15.6. The lowest BCUT2D eigenvalue weighted by Gasteiger charge is -2.25. The molecule has 1 aromatic heterocycles. The number of amides is 1. The molecule has 1 aliphatic rings. The predicted molar refractivity (Wildman–Crippen MR) is 119 cm³/mol. The maximum Gasteiger partial charge on any atom is 0.311 e. The molecule has 1 amide bonds. The van der Waals surface area contributed by atoms with Gasteiger partial charge in [0.25, 0.3) is 15.9 Å². The minimum Gasteiger partial charge on any atom is -0.455 e. The molecular weight excluding hydrogens is 564 g/mol. The van der Waals surface area contributed by atoms with Crippen LogP contribution in [0.2, 0.25) is 0 Å². The molecule has 0 unspecified atom stereocenters. The number of anilines is 1. The summed E-state index contributed by atoms with van der Waals surface area (Å²) in [5.74, 6) is -1.09. The van der Waals surface area contributed by atoms with Gasteiger partial charge >= 0.3 is 5.97 Å². The minimum absolute atomic E-state index is 0.113. The van der Waals surface area contributed by atoms with Crippen molar-refractivity contribution < 1.29 is 27.5 Å². The molecule has 0 bridgehead atoms. The maximum absolute atomic E-state index is 12.6. The van der Waals surface area contributed by atoms with Gasteiger partial charge < -0.3 is 14.8 Å². The number of sulfonamides is 1. The molecule has 0 atom stereocenters. The normalized spacial score (nSPS) is 15.0. The number of hydrogen-bond acceptors (Lipinski definition) is 7. The zero-order chi connectivity index (χ0) is 21.7. The van der Waals surface area contributed by atoms with Crippen molar-refractivity contribution in [2.75, 3.05) is 38.2 Å². The third kappa shape index (κ3) is 6.11. The van der Waals surface area contributed by atoms with E-state index in [-0.39, 0.29) is 10.6 Å². The van der Waals surface area contributed by atoms with Crippen LogP contribution in [0.5, 0.6) is 0 Å². The Morgan fingerprint density at radius 3 is 2.60 bits per heavy atom. The number of thiophene rings is 1. The summed E-state index contributed by atoms with van der Waals surface area (Å²) < 4.78 is 38.5. The van der Waals surface area contributed by atoms with Crippen molar-refractivity contribution in [2.45, 2.75) is 10.6 Å². The molecule has 1 N–H and O–H groups in total. The van der Waals surface area contributed by atoms with E-state index in [1.54, 1.807) is 24.3 Å². The molecule has 1 saturated heterocycles. The van der Waals surface area contributed by atoms with Gasteiger partial charge in [-0.15, -0.1) is 11.3 Å². The summed E-state index contributed by atoms with van der Waals surface area (Å²) in [6, 6.07) is 8.32. The third-order valence-corrected chi connectivity index (χ3v) is 8.69. The second-order valence-corrected chi connectivity index (χ2v) is 11.4. The van der Waals surface area contributed by atoms with Gasteiger partial charge in [-0.3, -0.25) is 9.59 Å². The van der Waals surface area contributed by atoms with Crippen molar-refractivity contribution >= 4 is 70.8 Å². The van der Waals surface area contributed by atoms with E-state index < -0.39 is 28.5 Å². The number of benzene rings is 1. The van der Waals surface area contributed by atoms with E-state index in [9.17, 15) is 18.0 Å². The van der Waals surface area contributed by atoms with Crippen LogP contribution in [0.1, 0.15) is 4.88 Å². The number of ether oxygens (including phenoxy) is 2. The van der Waals surface area contributed by atoms with E-state index in [1.807, 2.05) is 0 Å². The largest absolute Gasteiger partial charge is 0.455 e. The summed E-state index contributed by atoms with van der Waals surface area (Å²) in [6.07, 6.45) is -0.113. The number of nitrogens with zero attached hydrogens (tertiary/aromatic N) is 1. The summed E-state index contributed by atoms with van der Waals surface area (Å²) in [7, 11) is -3.60. The highest BCUT2D eigenvalue weighted by molar-refractivity contribution is 9.11. The molecule has 1 aliphatic heterocycles. The number of halogens is 2. The number of esters is 1. The molecule has 162 valence electrons. The molecule has 12 heteroatoms. The van der Waals surface area contributed by atoms with Crippen LogP contribution in [0.25, 0.3) is 0 Å². The number of carbonyl (C=O) groups is 2. The summed E-state index contributed by atoms with van der Waals surface area (Å²) in [5.41, 5.74) is 0.551. The Hall–Kier alpha value is -1.31. The molecule has 0 aliphatic carbocycles. The van der Waals surface area contributed by atoms with Crippen LogP contribution >= 0.6 is 43.2 Å². The predicted octanol–water partition coefficient (Wildman–Crippen LogP) is 3.02. The fourth-order valence-electron chi connectivity index (χ4n) is 2.62. The fraction of sp³-hybridized carbons (Fsp3) is 0.333. The van der Waals surface area contributed by atoms with Gasteiger partial charge in [0.05, 0.1) is 25.3 Å². The number of rotatable bonds is 7. The molecule has 0 radical (unpaired) electrons. The summed E-state index contributed by atoms with van der Waals surface area (Å²) in [5, 5.41) is 2.64. The first-order valence-electron chi connectivity index (χ1n) is 8.83. The Morgan fingerprint density at radius 1 is 1.17 bits per heavy atom. The van der Waals surface area contributed by atoms with E-state index in [0.717, 1.165) is 15.8 Å². The van der Waals surface area contributed by atoms with E-state index in [0.29, 0.717) is 41.3 Å². The van der Waals surface area contributed by atoms with Crippen LogP contribution in [0, 0.1) is 0 Å². The highest BCUT2D eigenvalue weighted by Gasteiger charge is 2.28. The van der Waals surface area contributed by atoms with Gasteiger partial charge in [-0.2, -0.15) is 4.31 Å². The smallest absolute Gasteiger partial charge is 0.311 e. The maximum atomic E-state index is 12.6. The Bertz CT molecular complexity index is 1040. The SMILES string of the molecule is O=C(COC(=O)Cc1ccc(S(=O)(=O)N2CCOCC2)s1)Nc1ccc(Br)cc1Br. The quantitative estimate of drug-likeness (QED) is 0.504. The van der Waals surface area contributed by atoms with E-state index in [2.05, 4.69) is 37.2 Å². The Labute approximate surface area is 194 Å². The second kappa shape index (κ2) is 10.3. The summed E-state index contributed by atoms with van der Waals surface area (Å²) in [6.45, 7) is 0.902. The average molecular weight is 582 g/mol. The lowest BCUT2D eigenvalue weighted by Crippen LogP contribution is -2.40. The van der Waals surface area contributed by atoms with E-state index in [4.69, 9.17) is 9.47 Å². The van der Waals surface area contributed by atoms with Crippen LogP contribution in [0.15, 0.2) is 43.5 Å². The van der Waals surface area contributed by atoms with E-state index >= 15 is 0 Å². The Kier molecular flexibility index (Phi) is 8.04. The highest BCUT2D eigenvalue weighted by Crippen LogP contribution is 2.27. The van der Waals surface area contributed by atoms with Gasteiger partial charge in [-0.25, -0.2) is 8.42 Å². The molecule has 1 aromatic carbocycles. The fourth-order valence-corrected chi connectivity index (χ4v) is 6.67. The Balaban J connectivity index is 1.51. The first-order valence-corrected chi connectivity index (χ1v) is 12.7. The molecule has 2 aromatic rings. The van der Waals surface area contributed by atoms with Crippen molar-refractivity contribution in [2.24, 2.45) is 0 Å².